The lowest BCUT2D eigenvalue weighted by Crippen LogP contribution is -2.70. The second-order valence-corrected chi connectivity index (χ2v) is 14.2. The van der Waals surface area contributed by atoms with Crippen molar-refractivity contribution < 1.29 is 33.0 Å². The molecule has 37 heavy (non-hydrogen) atoms. The minimum atomic E-state index is -2.26. The Morgan fingerprint density at radius 2 is 1.68 bits per heavy atom. The summed E-state index contributed by atoms with van der Waals surface area (Å²) in [5.74, 6) is -3.34. The summed E-state index contributed by atoms with van der Waals surface area (Å²) in [5, 5.41) is 10.9. The van der Waals surface area contributed by atoms with Gasteiger partial charge in [-0.05, 0) is 60.7 Å². The first-order chi connectivity index (χ1) is 16.8. The van der Waals surface area contributed by atoms with Gasteiger partial charge in [-0.3, -0.25) is 14.4 Å². The van der Waals surface area contributed by atoms with Crippen LogP contribution in [0, 0.1) is 45.3 Å². The van der Waals surface area contributed by atoms with Gasteiger partial charge in [-0.1, -0.05) is 47.6 Å². The number of hydrogen-bond donors (Lipinski definition) is 2. The smallest absolute Gasteiger partial charge is 0.311 e. The van der Waals surface area contributed by atoms with E-state index in [4.69, 9.17) is 4.74 Å². The molecular formula is C29H38F2O5S. The van der Waals surface area contributed by atoms with E-state index in [1.807, 2.05) is 27.7 Å². The molecule has 5 aliphatic rings. The number of thiol groups is 1. The van der Waals surface area contributed by atoms with Crippen molar-refractivity contribution in [3.8, 4) is 0 Å². The van der Waals surface area contributed by atoms with Crippen molar-refractivity contribution in [1.29, 1.82) is 0 Å². The summed E-state index contributed by atoms with van der Waals surface area (Å²) in [6.45, 7) is 13.0. The van der Waals surface area contributed by atoms with Crippen molar-refractivity contribution in [2.45, 2.75) is 91.3 Å². The number of allylic oxidation sites excluding steroid dienone is 4. The first kappa shape index (κ1) is 27.0. The Morgan fingerprint density at radius 3 is 2.22 bits per heavy atom. The molecule has 1 N–H and O–H groups in total. The van der Waals surface area contributed by atoms with Gasteiger partial charge in [0, 0.05) is 22.7 Å². The van der Waals surface area contributed by atoms with Crippen LogP contribution in [0.4, 0.5) is 8.78 Å². The molecule has 0 spiro atoms. The molecular weight excluding hydrogens is 498 g/mol. The highest BCUT2D eigenvalue weighted by atomic mass is 32.1. The summed E-state index contributed by atoms with van der Waals surface area (Å²) >= 11 is 4.22. The van der Waals surface area contributed by atoms with E-state index in [1.165, 1.54) is 12.2 Å². The van der Waals surface area contributed by atoms with Crippen molar-refractivity contribution >= 4 is 29.5 Å². The third-order valence-electron chi connectivity index (χ3n) is 12.0. The molecule has 0 bridgehead atoms. The topological polar surface area (TPSA) is 80.7 Å². The Bertz CT molecular complexity index is 1150. The molecule has 0 saturated heterocycles. The molecule has 0 heterocycles. The molecule has 204 valence electrons. The molecule has 9 atom stereocenters. The Labute approximate surface area is 222 Å². The van der Waals surface area contributed by atoms with E-state index in [9.17, 15) is 19.5 Å². The number of fused-ring (bicyclic) bond motifs is 5. The average molecular weight is 537 g/mol. The SMILES string of the molecule is C[C@@H]1C[C@H]2[C@@H]3C[C@H](F)C4=CC(=O)C=C[C@]4(C)[C@@]3(F)[C@@H](O)C[C@]2(C)[C@@]1(OC(=O)C1C(C)(C)C1(C)C)C(=O)S. The third-order valence-corrected chi connectivity index (χ3v) is 12.3. The molecule has 0 unspecified atom stereocenters. The molecule has 0 aromatic rings. The van der Waals surface area contributed by atoms with E-state index in [2.05, 4.69) is 12.6 Å². The fraction of sp³-hybridized carbons (Fsp3) is 0.759. The number of rotatable bonds is 3. The largest absolute Gasteiger partial charge is 0.449 e. The van der Waals surface area contributed by atoms with Gasteiger partial charge in [0.25, 0.3) is 0 Å². The summed E-state index contributed by atoms with van der Waals surface area (Å²) < 4.78 is 39.3. The highest BCUT2D eigenvalue weighted by Gasteiger charge is 2.79. The summed E-state index contributed by atoms with van der Waals surface area (Å²) in [6.07, 6.45) is 0.563. The lowest BCUT2D eigenvalue weighted by atomic mass is 9.44. The van der Waals surface area contributed by atoms with Gasteiger partial charge in [0.1, 0.15) is 6.17 Å². The molecule has 0 amide bonds. The number of hydrogen-bond acceptors (Lipinski definition) is 5. The fourth-order valence-electron chi connectivity index (χ4n) is 9.24. The maximum atomic E-state index is 17.4. The Hall–Kier alpha value is -1.54. The monoisotopic (exact) mass is 536 g/mol. The second-order valence-electron chi connectivity index (χ2n) is 13.8. The van der Waals surface area contributed by atoms with Crippen LogP contribution in [-0.2, 0) is 19.1 Å². The normalized spacial score (nSPS) is 49.4. The van der Waals surface area contributed by atoms with Gasteiger partial charge in [-0.2, -0.15) is 0 Å². The number of carbonyl (C=O) groups excluding carboxylic acids is 3. The van der Waals surface area contributed by atoms with Crippen LogP contribution in [-0.4, -0.2) is 45.5 Å². The predicted molar refractivity (Wildman–Crippen MR) is 137 cm³/mol. The second kappa shape index (κ2) is 7.56. The lowest BCUT2D eigenvalue weighted by Gasteiger charge is -2.63. The maximum Gasteiger partial charge on any atom is 0.311 e. The zero-order valence-electron chi connectivity index (χ0n) is 22.6. The zero-order chi connectivity index (χ0) is 27.7. The van der Waals surface area contributed by atoms with Gasteiger partial charge < -0.3 is 9.84 Å². The predicted octanol–water partition coefficient (Wildman–Crippen LogP) is 4.97. The van der Waals surface area contributed by atoms with E-state index < -0.39 is 74.9 Å². The Balaban J connectivity index is 1.59. The van der Waals surface area contributed by atoms with Crippen LogP contribution in [0.15, 0.2) is 23.8 Å². The number of halogens is 2. The Kier molecular flexibility index (Phi) is 5.52. The van der Waals surface area contributed by atoms with Crippen LogP contribution >= 0.6 is 12.6 Å². The third kappa shape index (κ3) is 2.92. The summed E-state index contributed by atoms with van der Waals surface area (Å²) in [4.78, 5) is 39.0. The van der Waals surface area contributed by atoms with Crippen LogP contribution in [0.25, 0.3) is 0 Å². The van der Waals surface area contributed by atoms with Gasteiger partial charge in [0.15, 0.2) is 17.1 Å². The number of aliphatic hydroxyl groups is 1. The van der Waals surface area contributed by atoms with Crippen molar-refractivity contribution in [1.82, 2.24) is 0 Å². The number of aliphatic hydroxyl groups excluding tert-OH is 1. The first-order valence-electron chi connectivity index (χ1n) is 13.3. The molecule has 8 heteroatoms. The van der Waals surface area contributed by atoms with Gasteiger partial charge in [-0.25, -0.2) is 8.78 Å². The van der Waals surface area contributed by atoms with E-state index in [0.717, 1.165) is 6.08 Å². The molecule has 4 fully saturated rings. The van der Waals surface area contributed by atoms with Gasteiger partial charge in [-0.15, -0.1) is 12.6 Å². The van der Waals surface area contributed by atoms with Crippen LogP contribution in [0.1, 0.15) is 67.7 Å². The highest BCUT2D eigenvalue weighted by molar-refractivity contribution is 7.96. The lowest BCUT2D eigenvalue weighted by molar-refractivity contribution is -0.229. The first-order valence-corrected chi connectivity index (χ1v) is 13.7. The number of alkyl halides is 2. The van der Waals surface area contributed by atoms with Gasteiger partial charge in [0.05, 0.1) is 12.0 Å². The van der Waals surface area contributed by atoms with Crippen LogP contribution in [0.3, 0.4) is 0 Å². The molecule has 5 nitrogen and oxygen atoms in total. The van der Waals surface area contributed by atoms with Crippen molar-refractivity contribution in [3.05, 3.63) is 23.8 Å². The van der Waals surface area contributed by atoms with E-state index in [-0.39, 0.29) is 29.2 Å². The number of ether oxygens (including phenoxy) is 1. The maximum absolute atomic E-state index is 17.4. The summed E-state index contributed by atoms with van der Waals surface area (Å²) in [7, 11) is 0. The van der Waals surface area contributed by atoms with Crippen molar-refractivity contribution in [2.75, 3.05) is 0 Å². The quantitative estimate of drug-likeness (QED) is 0.393. The number of esters is 1. The summed E-state index contributed by atoms with van der Waals surface area (Å²) in [5.41, 5.74) is -7.20. The number of ketones is 1. The standard InChI is InChI=1S/C29H38F2O5S/c1-14-10-16-17-12-19(30)18-11-15(32)8-9-26(18,6)28(17,31)20(33)13-27(16,7)29(14,23(35)37)36-22(34)21-24(2,3)25(21,4)5/h8-9,11,14,16-17,19-21,33H,10,12-13H2,1-7H3,(H,35,37)/t14-,16+,17+,19+,20+,26+,27+,28+,29+/m1/s1. The molecule has 5 rings (SSSR count). The van der Waals surface area contributed by atoms with E-state index in [1.54, 1.807) is 20.8 Å². The number of carbonyl (C=O) groups is 3. The highest BCUT2D eigenvalue weighted by Crippen LogP contribution is 2.73. The van der Waals surface area contributed by atoms with Gasteiger partial charge >= 0.3 is 5.97 Å². The average Bonchev–Trinajstić information content (AvgIpc) is 3.08. The fourth-order valence-corrected chi connectivity index (χ4v) is 9.77. The minimum Gasteiger partial charge on any atom is -0.449 e. The van der Waals surface area contributed by atoms with Crippen LogP contribution in [0.5, 0.6) is 0 Å². The molecule has 0 radical (unpaired) electrons. The van der Waals surface area contributed by atoms with Crippen LogP contribution < -0.4 is 0 Å². The van der Waals surface area contributed by atoms with E-state index >= 15 is 8.78 Å². The minimum absolute atomic E-state index is 0.0496. The van der Waals surface area contributed by atoms with Gasteiger partial charge in [0.2, 0.25) is 5.12 Å². The molecule has 5 aliphatic carbocycles. The van der Waals surface area contributed by atoms with Crippen molar-refractivity contribution in [3.63, 3.8) is 0 Å². The Morgan fingerprint density at radius 1 is 1.08 bits per heavy atom. The van der Waals surface area contributed by atoms with E-state index in [0.29, 0.717) is 6.42 Å². The zero-order valence-corrected chi connectivity index (χ0v) is 23.5. The molecule has 0 aliphatic heterocycles. The van der Waals surface area contributed by atoms with Crippen molar-refractivity contribution in [2.24, 2.45) is 45.3 Å². The van der Waals surface area contributed by atoms with Crippen LogP contribution in [0.2, 0.25) is 0 Å². The molecule has 0 aromatic heterocycles. The summed E-state index contributed by atoms with van der Waals surface area (Å²) in [6, 6.07) is 0. The molecule has 0 aromatic carbocycles. The molecule has 4 saturated carbocycles.